The third-order valence-corrected chi connectivity index (χ3v) is 7.01. The monoisotopic (exact) mass is 367 g/mol. The number of rotatable bonds is 6. The predicted octanol–water partition coefficient (Wildman–Crippen LogP) is 2.87. The molecule has 0 amide bonds. The molecule has 2 fully saturated rings. The van der Waals surface area contributed by atoms with Gasteiger partial charge in [0, 0.05) is 19.7 Å². The zero-order valence-corrected chi connectivity index (χ0v) is 15.8. The van der Waals surface area contributed by atoms with Crippen LogP contribution in [0.25, 0.3) is 0 Å². The van der Waals surface area contributed by atoms with E-state index in [0.717, 1.165) is 43.4 Å². The molecule has 2 saturated heterocycles. The largest absolute Gasteiger partial charge is 0.376 e. The molecule has 1 unspecified atom stereocenters. The molecule has 2 aliphatic rings. The highest BCUT2D eigenvalue weighted by atomic mass is 32.2. The van der Waals surface area contributed by atoms with E-state index in [2.05, 4.69) is 0 Å². The quantitative estimate of drug-likeness (QED) is 0.776. The first-order chi connectivity index (χ1) is 12.0. The van der Waals surface area contributed by atoms with Gasteiger partial charge >= 0.3 is 0 Å². The van der Waals surface area contributed by atoms with E-state index in [4.69, 9.17) is 9.47 Å². The van der Waals surface area contributed by atoms with Gasteiger partial charge in [0.05, 0.1) is 24.6 Å². The molecular weight excluding hydrogens is 338 g/mol. The second-order valence-electron chi connectivity index (χ2n) is 7.10. The zero-order valence-electron chi connectivity index (χ0n) is 15.0. The van der Waals surface area contributed by atoms with Crippen molar-refractivity contribution in [1.29, 1.82) is 0 Å². The first kappa shape index (κ1) is 18.8. The van der Waals surface area contributed by atoms with E-state index in [9.17, 15) is 8.42 Å². The topological polar surface area (TPSA) is 55.8 Å². The molecule has 2 heterocycles. The lowest BCUT2D eigenvalue weighted by Crippen LogP contribution is -2.42. The molecule has 140 valence electrons. The van der Waals surface area contributed by atoms with Crippen LogP contribution in [0, 0.1) is 6.92 Å². The van der Waals surface area contributed by atoms with Gasteiger partial charge in [0.25, 0.3) is 0 Å². The van der Waals surface area contributed by atoms with Crippen LogP contribution in [-0.4, -0.2) is 51.2 Å². The van der Waals surface area contributed by atoms with Crippen LogP contribution in [-0.2, 0) is 25.2 Å². The van der Waals surface area contributed by atoms with Crippen molar-refractivity contribution >= 4 is 10.0 Å². The average Bonchev–Trinajstić information content (AvgIpc) is 2.63. The summed E-state index contributed by atoms with van der Waals surface area (Å²) in [4.78, 5) is 0. The third-order valence-electron chi connectivity index (χ3n) is 5.19. The summed E-state index contributed by atoms with van der Waals surface area (Å²) in [7, 11) is -3.26. The van der Waals surface area contributed by atoms with E-state index in [1.54, 1.807) is 4.31 Å². The van der Waals surface area contributed by atoms with Crippen molar-refractivity contribution in [2.45, 2.75) is 57.0 Å². The normalized spacial score (nSPS) is 23.6. The minimum Gasteiger partial charge on any atom is -0.376 e. The minimum absolute atomic E-state index is 0.0844. The van der Waals surface area contributed by atoms with E-state index in [0.29, 0.717) is 19.7 Å². The second kappa shape index (κ2) is 8.62. The third kappa shape index (κ3) is 5.26. The van der Waals surface area contributed by atoms with Crippen LogP contribution in [0.1, 0.15) is 43.2 Å². The maximum atomic E-state index is 12.7. The number of benzene rings is 1. The first-order valence-corrected chi connectivity index (χ1v) is 10.9. The summed E-state index contributed by atoms with van der Waals surface area (Å²) in [6.07, 6.45) is 5.33. The number of nitrogens with zero attached hydrogens (tertiary/aromatic N) is 1. The van der Waals surface area contributed by atoms with Gasteiger partial charge in [-0.15, -0.1) is 0 Å². The summed E-state index contributed by atoms with van der Waals surface area (Å²) in [6.45, 7) is 4.53. The molecule has 0 aliphatic carbocycles. The van der Waals surface area contributed by atoms with Gasteiger partial charge < -0.3 is 9.47 Å². The van der Waals surface area contributed by atoms with Crippen molar-refractivity contribution in [2.75, 3.05) is 26.3 Å². The lowest BCUT2D eigenvalue weighted by atomic mass is 10.1. The molecule has 0 spiro atoms. The van der Waals surface area contributed by atoms with Crippen molar-refractivity contribution < 1.29 is 17.9 Å². The van der Waals surface area contributed by atoms with Crippen LogP contribution in [0.4, 0.5) is 0 Å². The van der Waals surface area contributed by atoms with Crippen molar-refractivity contribution in [3.8, 4) is 0 Å². The summed E-state index contributed by atoms with van der Waals surface area (Å²) in [5.74, 6) is 0.0844. The summed E-state index contributed by atoms with van der Waals surface area (Å²) < 4.78 is 38.7. The molecule has 5 nitrogen and oxygen atoms in total. The van der Waals surface area contributed by atoms with Gasteiger partial charge in [-0.25, -0.2) is 12.7 Å². The number of ether oxygens (including phenoxy) is 2. The first-order valence-electron chi connectivity index (χ1n) is 9.30. The van der Waals surface area contributed by atoms with E-state index in [1.165, 1.54) is 6.42 Å². The molecule has 0 radical (unpaired) electrons. The van der Waals surface area contributed by atoms with Crippen LogP contribution in [0.2, 0.25) is 0 Å². The molecule has 0 aromatic heterocycles. The van der Waals surface area contributed by atoms with Gasteiger partial charge in [0.1, 0.15) is 0 Å². The SMILES string of the molecule is Cc1ccccc1CS(=O)(=O)N1CCC(OCC2CCCCO2)CC1. The highest BCUT2D eigenvalue weighted by Gasteiger charge is 2.29. The highest BCUT2D eigenvalue weighted by molar-refractivity contribution is 7.88. The number of sulfonamides is 1. The molecule has 25 heavy (non-hydrogen) atoms. The van der Waals surface area contributed by atoms with Crippen molar-refractivity contribution in [3.63, 3.8) is 0 Å². The number of piperidine rings is 1. The zero-order chi connectivity index (χ0) is 17.7. The van der Waals surface area contributed by atoms with Crippen LogP contribution in [0.15, 0.2) is 24.3 Å². The van der Waals surface area contributed by atoms with Crippen LogP contribution in [0.5, 0.6) is 0 Å². The number of aryl methyl sites for hydroxylation is 1. The maximum Gasteiger partial charge on any atom is 0.218 e. The van der Waals surface area contributed by atoms with Gasteiger partial charge in [-0.2, -0.15) is 0 Å². The summed E-state index contributed by atoms with van der Waals surface area (Å²) in [5.41, 5.74) is 1.91. The standard InChI is InChI=1S/C19H29NO4S/c1-16-6-2-3-7-17(16)15-25(21,22)20-11-9-18(10-12-20)24-14-19-8-4-5-13-23-19/h2-3,6-7,18-19H,4-5,8-15H2,1H3. The molecule has 1 aromatic rings. The van der Waals surface area contributed by atoms with Gasteiger partial charge in [0.15, 0.2) is 0 Å². The Balaban J connectivity index is 1.47. The van der Waals surface area contributed by atoms with Gasteiger partial charge in [-0.3, -0.25) is 0 Å². The van der Waals surface area contributed by atoms with Crippen LogP contribution in [0.3, 0.4) is 0 Å². The van der Waals surface area contributed by atoms with Crippen LogP contribution >= 0.6 is 0 Å². The van der Waals surface area contributed by atoms with E-state index >= 15 is 0 Å². The number of hydrogen-bond donors (Lipinski definition) is 0. The minimum atomic E-state index is -3.26. The Morgan fingerprint density at radius 1 is 1.16 bits per heavy atom. The van der Waals surface area contributed by atoms with Crippen LogP contribution < -0.4 is 0 Å². The Kier molecular flexibility index (Phi) is 6.49. The fourth-order valence-corrected chi connectivity index (χ4v) is 5.19. The molecule has 1 aromatic carbocycles. The fourth-order valence-electron chi connectivity index (χ4n) is 3.52. The molecule has 0 N–H and O–H groups in total. The van der Waals surface area contributed by atoms with E-state index < -0.39 is 10.0 Å². The lowest BCUT2D eigenvalue weighted by molar-refractivity contribution is -0.0715. The Morgan fingerprint density at radius 2 is 1.92 bits per heavy atom. The average molecular weight is 368 g/mol. The highest BCUT2D eigenvalue weighted by Crippen LogP contribution is 2.22. The second-order valence-corrected chi connectivity index (χ2v) is 9.07. The number of hydrogen-bond acceptors (Lipinski definition) is 4. The molecule has 3 rings (SSSR count). The Bertz CT molecular complexity index is 647. The maximum absolute atomic E-state index is 12.7. The lowest BCUT2D eigenvalue weighted by Gasteiger charge is -2.32. The van der Waals surface area contributed by atoms with Crippen molar-refractivity contribution in [1.82, 2.24) is 4.31 Å². The molecule has 2 aliphatic heterocycles. The molecule has 0 saturated carbocycles. The molecule has 1 atom stereocenters. The summed E-state index contributed by atoms with van der Waals surface area (Å²) >= 11 is 0. The fraction of sp³-hybridized carbons (Fsp3) is 0.684. The Morgan fingerprint density at radius 3 is 2.60 bits per heavy atom. The smallest absolute Gasteiger partial charge is 0.218 e. The van der Waals surface area contributed by atoms with Gasteiger partial charge in [-0.05, 0) is 50.2 Å². The molecular formula is C19H29NO4S. The predicted molar refractivity (Wildman–Crippen MR) is 97.9 cm³/mol. The van der Waals surface area contributed by atoms with Crippen molar-refractivity contribution in [2.24, 2.45) is 0 Å². The van der Waals surface area contributed by atoms with Gasteiger partial charge in [0.2, 0.25) is 10.0 Å². The molecule has 6 heteroatoms. The molecule has 0 bridgehead atoms. The van der Waals surface area contributed by atoms with E-state index in [-0.39, 0.29) is 18.0 Å². The summed E-state index contributed by atoms with van der Waals surface area (Å²) in [5, 5.41) is 0. The van der Waals surface area contributed by atoms with Gasteiger partial charge in [-0.1, -0.05) is 24.3 Å². The summed E-state index contributed by atoms with van der Waals surface area (Å²) in [6, 6.07) is 7.68. The Labute approximate surface area is 151 Å². The van der Waals surface area contributed by atoms with E-state index in [1.807, 2.05) is 31.2 Å². The van der Waals surface area contributed by atoms with Crippen molar-refractivity contribution in [3.05, 3.63) is 35.4 Å². The Hall–Kier alpha value is -0.950.